The average molecular weight is 251 g/mol. The molecule has 0 saturated carbocycles. The smallest absolute Gasteiger partial charge is 0.223 e. The first kappa shape index (κ1) is 11.1. The minimum Gasteiger partial charge on any atom is -0.337 e. The lowest BCUT2D eigenvalue weighted by atomic mass is 9.96. The van der Waals surface area contributed by atoms with Gasteiger partial charge in [-0.25, -0.2) is 0 Å². The standard InChI is InChI=1S/C13H15ClN2O/c14-10-3-1-9(2-4-10)13-11-5-6-12(17)16(11)8-7-15-13/h1-4,11,13,15H,5-8H2/t11?,13-/m1/s1. The molecule has 1 unspecified atom stereocenters. The van der Waals surface area contributed by atoms with Crippen LogP contribution in [-0.4, -0.2) is 29.9 Å². The lowest BCUT2D eigenvalue weighted by Crippen LogP contribution is -2.51. The predicted octanol–water partition coefficient (Wildman–Crippen LogP) is 1.98. The zero-order chi connectivity index (χ0) is 11.8. The number of nitrogens with zero attached hydrogens (tertiary/aromatic N) is 1. The fourth-order valence-corrected chi connectivity index (χ4v) is 3.01. The Morgan fingerprint density at radius 2 is 2.06 bits per heavy atom. The molecule has 2 aliphatic heterocycles. The summed E-state index contributed by atoms with van der Waals surface area (Å²) in [5.74, 6) is 0.301. The number of amides is 1. The molecule has 0 spiro atoms. The van der Waals surface area contributed by atoms with Gasteiger partial charge in [0.15, 0.2) is 0 Å². The molecule has 0 aromatic heterocycles. The van der Waals surface area contributed by atoms with Crippen molar-refractivity contribution >= 4 is 17.5 Å². The highest BCUT2D eigenvalue weighted by Gasteiger charge is 2.39. The van der Waals surface area contributed by atoms with Crippen molar-refractivity contribution in [1.82, 2.24) is 10.2 Å². The van der Waals surface area contributed by atoms with E-state index in [0.29, 0.717) is 18.4 Å². The fraction of sp³-hybridized carbons (Fsp3) is 0.462. The molecule has 2 aliphatic rings. The molecule has 1 amide bonds. The normalized spacial score (nSPS) is 28.3. The Hall–Kier alpha value is -1.06. The van der Waals surface area contributed by atoms with Gasteiger partial charge in [-0.15, -0.1) is 0 Å². The summed E-state index contributed by atoms with van der Waals surface area (Å²) in [5.41, 5.74) is 1.22. The summed E-state index contributed by atoms with van der Waals surface area (Å²) < 4.78 is 0. The number of piperazine rings is 1. The van der Waals surface area contributed by atoms with Gasteiger partial charge in [0.2, 0.25) is 5.91 Å². The summed E-state index contributed by atoms with van der Waals surface area (Å²) in [6, 6.07) is 8.49. The maximum atomic E-state index is 11.7. The summed E-state index contributed by atoms with van der Waals surface area (Å²) in [4.78, 5) is 13.7. The highest BCUT2D eigenvalue weighted by atomic mass is 35.5. The van der Waals surface area contributed by atoms with Crippen LogP contribution in [0.2, 0.25) is 5.02 Å². The number of halogens is 1. The van der Waals surface area contributed by atoms with E-state index in [4.69, 9.17) is 11.6 Å². The van der Waals surface area contributed by atoms with Gasteiger partial charge < -0.3 is 10.2 Å². The van der Waals surface area contributed by atoms with Crippen molar-refractivity contribution in [3.8, 4) is 0 Å². The minimum atomic E-state index is 0.257. The van der Waals surface area contributed by atoms with Gasteiger partial charge in [-0.3, -0.25) is 4.79 Å². The van der Waals surface area contributed by atoms with Crippen LogP contribution < -0.4 is 5.32 Å². The molecule has 2 atom stereocenters. The molecular weight excluding hydrogens is 236 g/mol. The van der Waals surface area contributed by atoms with Crippen molar-refractivity contribution in [1.29, 1.82) is 0 Å². The van der Waals surface area contributed by atoms with Gasteiger partial charge in [-0.05, 0) is 24.1 Å². The van der Waals surface area contributed by atoms with Gasteiger partial charge in [0, 0.05) is 24.5 Å². The summed E-state index contributed by atoms with van der Waals surface area (Å²) in [5, 5.41) is 4.26. The van der Waals surface area contributed by atoms with E-state index in [-0.39, 0.29) is 6.04 Å². The van der Waals surface area contributed by atoms with Crippen LogP contribution in [0.5, 0.6) is 0 Å². The molecule has 0 radical (unpaired) electrons. The summed E-state index contributed by atoms with van der Waals surface area (Å²) in [6.45, 7) is 1.71. The van der Waals surface area contributed by atoms with E-state index in [1.54, 1.807) is 0 Å². The molecule has 2 fully saturated rings. The maximum Gasteiger partial charge on any atom is 0.223 e. The van der Waals surface area contributed by atoms with Gasteiger partial charge in [-0.1, -0.05) is 23.7 Å². The number of carbonyl (C=O) groups is 1. The van der Waals surface area contributed by atoms with Crippen LogP contribution >= 0.6 is 11.6 Å². The zero-order valence-electron chi connectivity index (χ0n) is 9.53. The van der Waals surface area contributed by atoms with Crippen LogP contribution in [0.1, 0.15) is 24.4 Å². The first-order valence-corrected chi connectivity index (χ1v) is 6.42. The number of benzene rings is 1. The Labute approximate surface area is 106 Å². The van der Waals surface area contributed by atoms with E-state index >= 15 is 0 Å². The van der Waals surface area contributed by atoms with Gasteiger partial charge in [-0.2, -0.15) is 0 Å². The Balaban J connectivity index is 1.87. The van der Waals surface area contributed by atoms with Crippen molar-refractivity contribution in [3.05, 3.63) is 34.9 Å². The van der Waals surface area contributed by atoms with Crippen LogP contribution in [0.25, 0.3) is 0 Å². The van der Waals surface area contributed by atoms with Gasteiger partial charge in [0.25, 0.3) is 0 Å². The molecular formula is C13H15ClN2O. The highest BCUT2D eigenvalue weighted by molar-refractivity contribution is 6.30. The molecule has 3 nitrogen and oxygen atoms in total. The van der Waals surface area contributed by atoms with Gasteiger partial charge >= 0.3 is 0 Å². The molecule has 3 rings (SSSR count). The van der Waals surface area contributed by atoms with E-state index in [9.17, 15) is 4.79 Å². The molecule has 90 valence electrons. The predicted molar refractivity (Wildman–Crippen MR) is 66.9 cm³/mol. The lowest BCUT2D eigenvalue weighted by Gasteiger charge is -2.37. The molecule has 4 heteroatoms. The van der Waals surface area contributed by atoms with Crippen LogP contribution in [0.4, 0.5) is 0 Å². The highest BCUT2D eigenvalue weighted by Crippen LogP contribution is 2.32. The second kappa shape index (κ2) is 4.31. The third-order valence-electron chi connectivity index (χ3n) is 3.71. The van der Waals surface area contributed by atoms with Crippen molar-refractivity contribution in [3.63, 3.8) is 0 Å². The number of hydrogen-bond donors (Lipinski definition) is 1. The van der Waals surface area contributed by atoms with Crippen LogP contribution in [-0.2, 0) is 4.79 Å². The molecule has 17 heavy (non-hydrogen) atoms. The van der Waals surface area contributed by atoms with Gasteiger partial charge in [0.1, 0.15) is 0 Å². The second-order valence-electron chi connectivity index (χ2n) is 4.68. The van der Waals surface area contributed by atoms with Crippen LogP contribution in [0.3, 0.4) is 0 Å². The summed E-state index contributed by atoms with van der Waals surface area (Å²) in [7, 11) is 0. The number of rotatable bonds is 1. The molecule has 1 aromatic rings. The second-order valence-corrected chi connectivity index (χ2v) is 5.11. The molecule has 2 heterocycles. The Morgan fingerprint density at radius 1 is 1.29 bits per heavy atom. The monoisotopic (exact) mass is 250 g/mol. The Morgan fingerprint density at radius 3 is 2.82 bits per heavy atom. The number of nitrogens with one attached hydrogen (secondary N) is 1. The zero-order valence-corrected chi connectivity index (χ0v) is 10.3. The van der Waals surface area contributed by atoms with E-state index in [0.717, 1.165) is 24.5 Å². The molecule has 2 saturated heterocycles. The third-order valence-corrected chi connectivity index (χ3v) is 3.96. The van der Waals surface area contributed by atoms with E-state index < -0.39 is 0 Å². The number of carbonyl (C=O) groups excluding carboxylic acids is 1. The lowest BCUT2D eigenvalue weighted by molar-refractivity contribution is -0.130. The Bertz CT molecular complexity index is 432. The minimum absolute atomic E-state index is 0.257. The molecule has 0 aliphatic carbocycles. The quantitative estimate of drug-likeness (QED) is 0.827. The molecule has 0 bridgehead atoms. The van der Waals surface area contributed by atoms with Crippen molar-refractivity contribution in [2.75, 3.05) is 13.1 Å². The summed E-state index contributed by atoms with van der Waals surface area (Å²) >= 11 is 5.90. The largest absolute Gasteiger partial charge is 0.337 e. The molecule has 1 N–H and O–H groups in total. The van der Waals surface area contributed by atoms with E-state index in [1.165, 1.54) is 5.56 Å². The number of fused-ring (bicyclic) bond motifs is 1. The summed E-state index contributed by atoms with van der Waals surface area (Å²) in [6.07, 6.45) is 1.65. The van der Waals surface area contributed by atoms with Crippen LogP contribution in [0, 0.1) is 0 Å². The van der Waals surface area contributed by atoms with Crippen molar-refractivity contribution in [2.24, 2.45) is 0 Å². The van der Waals surface area contributed by atoms with E-state index in [2.05, 4.69) is 5.32 Å². The van der Waals surface area contributed by atoms with E-state index in [1.807, 2.05) is 29.2 Å². The van der Waals surface area contributed by atoms with Crippen molar-refractivity contribution in [2.45, 2.75) is 24.9 Å². The number of hydrogen-bond acceptors (Lipinski definition) is 2. The Kier molecular flexibility index (Phi) is 2.81. The first-order valence-electron chi connectivity index (χ1n) is 6.04. The topological polar surface area (TPSA) is 32.3 Å². The molecule has 1 aromatic carbocycles. The average Bonchev–Trinajstić information content (AvgIpc) is 2.73. The third kappa shape index (κ3) is 1.94. The van der Waals surface area contributed by atoms with Crippen molar-refractivity contribution < 1.29 is 4.79 Å². The maximum absolute atomic E-state index is 11.7. The van der Waals surface area contributed by atoms with Crippen LogP contribution in [0.15, 0.2) is 24.3 Å². The van der Waals surface area contributed by atoms with Gasteiger partial charge in [0.05, 0.1) is 12.1 Å². The fourth-order valence-electron chi connectivity index (χ4n) is 2.88. The first-order chi connectivity index (χ1) is 8.25. The SMILES string of the molecule is O=C1CCC2[C@@H](c3ccc(Cl)cc3)NCCN12.